The lowest BCUT2D eigenvalue weighted by molar-refractivity contribution is -0.130. The molecule has 0 amide bonds. The highest BCUT2D eigenvalue weighted by Crippen LogP contribution is 2.74. The molecular weight excluding hydrogens is 376 g/mol. The van der Waals surface area contributed by atoms with E-state index in [-0.39, 0.29) is 24.3 Å². The third-order valence-corrected chi connectivity index (χ3v) is 7.43. The average Bonchev–Trinajstić information content (AvgIpc) is 3.32. The first-order valence-corrected chi connectivity index (χ1v) is 9.64. The van der Waals surface area contributed by atoms with E-state index in [1.807, 2.05) is 13.0 Å². The van der Waals surface area contributed by atoms with Crippen molar-refractivity contribution in [2.24, 2.45) is 11.3 Å². The molecule has 1 aromatic rings. The highest BCUT2D eigenvalue weighted by molar-refractivity contribution is 6.10. The maximum atomic E-state index is 14.1. The Morgan fingerprint density at radius 3 is 2.59 bits per heavy atom. The highest BCUT2D eigenvalue weighted by Gasteiger charge is 2.74. The fourth-order valence-electron chi connectivity index (χ4n) is 5.99. The van der Waals surface area contributed by atoms with Gasteiger partial charge in [-0.05, 0) is 35.6 Å². The van der Waals surface area contributed by atoms with Crippen LogP contribution in [0.3, 0.4) is 0 Å². The van der Waals surface area contributed by atoms with Gasteiger partial charge in [0, 0.05) is 11.0 Å². The monoisotopic (exact) mass is 400 g/mol. The number of hydrogen-bond acceptors (Lipinski definition) is 7. The van der Waals surface area contributed by atoms with Gasteiger partial charge < -0.3 is 28.8 Å². The minimum absolute atomic E-state index is 0.0239. The van der Waals surface area contributed by atoms with E-state index < -0.39 is 16.9 Å². The molecular formula is C22H24O7. The summed E-state index contributed by atoms with van der Waals surface area (Å²) in [7, 11) is 4.52. The van der Waals surface area contributed by atoms with Gasteiger partial charge in [0.15, 0.2) is 17.3 Å². The number of methoxy groups -OCH3 is 3. The summed E-state index contributed by atoms with van der Waals surface area (Å²) in [4.78, 5) is 14.1. The Balaban J connectivity index is 1.91. The number of benzene rings is 1. The zero-order chi connectivity index (χ0) is 20.7. The number of aliphatic hydroxyl groups is 1. The standard InChI is InChI=1S/C22H24O7/c1-10-6-11-7-13(25-3)17(26-4)20(24)22(11)15-12(19(23)21(10,22)2)8-14-16(18(15)27-5)29-9-28-14/h7-8,10,19,23H,6,9H2,1-5H3/t10-,19-,21-,22+/m1/s1. The Morgan fingerprint density at radius 2 is 1.93 bits per heavy atom. The van der Waals surface area contributed by atoms with Gasteiger partial charge in [0.05, 0.1) is 32.8 Å². The maximum Gasteiger partial charge on any atom is 0.231 e. The van der Waals surface area contributed by atoms with Gasteiger partial charge in [0.1, 0.15) is 0 Å². The summed E-state index contributed by atoms with van der Waals surface area (Å²) in [6, 6.07) is 1.78. The van der Waals surface area contributed by atoms with E-state index in [1.54, 1.807) is 13.2 Å². The van der Waals surface area contributed by atoms with Crippen LogP contribution in [0.25, 0.3) is 0 Å². The summed E-state index contributed by atoms with van der Waals surface area (Å²) in [6.07, 6.45) is 1.65. The topological polar surface area (TPSA) is 83.5 Å². The van der Waals surface area contributed by atoms with Crippen LogP contribution >= 0.6 is 0 Å². The molecule has 0 unspecified atom stereocenters. The predicted molar refractivity (Wildman–Crippen MR) is 102 cm³/mol. The van der Waals surface area contributed by atoms with E-state index in [9.17, 15) is 9.90 Å². The number of carbonyl (C=O) groups is 1. The van der Waals surface area contributed by atoms with Gasteiger partial charge in [-0.3, -0.25) is 4.79 Å². The summed E-state index contributed by atoms with van der Waals surface area (Å²) in [5, 5.41) is 11.5. The third-order valence-electron chi connectivity index (χ3n) is 7.43. The predicted octanol–water partition coefficient (Wildman–Crippen LogP) is 2.77. The first-order valence-electron chi connectivity index (χ1n) is 9.64. The Labute approximate surface area is 168 Å². The van der Waals surface area contributed by atoms with Crippen molar-refractivity contribution < 1.29 is 33.6 Å². The molecule has 7 nitrogen and oxygen atoms in total. The molecule has 5 rings (SSSR count). The van der Waals surface area contributed by atoms with Crippen LogP contribution in [-0.4, -0.2) is 39.0 Å². The minimum Gasteiger partial charge on any atom is -0.493 e. The van der Waals surface area contributed by atoms with Gasteiger partial charge in [-0.1, -0.05) is 13.8 Å². The summed E-state index contributed by atoms with van der Waals surface area (Å²) in [5.74, 6) is 1.76. The second-order valence-corrected chi connectivity index (χ2v) is 8.25. The van der Waals surface area contributed by atoms with Crippen molar-refractivity contribution in [3.05, 3.63) is 40.4 Å². The molecule has 1 aromatic carbocycles. The van der Waals surface area contributed by atoms with E-state index in [2.05, 4.69) is 6.92 Å². The van der Waals surface area contributed by atoms with Crippen LogP contribution in [0.2, 0.25) is 0 Å². The molecule has 3 aliphatic carbocycles. The van der Waals surface area contributed by atoms with Gasteiger partial charge in [0.25, 0.3) is 0 Å². The average molecular weight is 400 g/mol. The van der Waals surface area contributed by atoms with Gasteiger partial charge in [-0.2, -0.15) is 0 Å². The molecule has 1 heterocycles. The molecule has 1 saturated carbocycles. The van der Waals surface area contributed by atoms with Crippen molar-refractivity contribution >= 4 is 5.78 Å². The van der Waals surface area contributed by atoms with Gasteiger partial charge >= 0.3 is 0 Å². The number of carbonyl (C=O) groups excluding carboxylic acids is 1. The van der Waals surface area contributed by atoms with Crippen LogP contribution in [-0.2, 0) is 19.7 Å². The van der Waals surface area contributed by atoms with E-state index in [4.69, 9.17) is 23.7 Å². The molecule has 1 fully saturated rings. The van der Waals surface area contributed by atoms with Crippen LogP contribution in [0.15, 0.2) is 29.2 Å². The van der Waals surface area contributed by atoms with Crippen LogP contribution in [0.4, 0.5) is 0 Å². The zero-order valence-corrected chi connectivity index (χ0v) is 17.1. The number of Topliss-reactive ketones (excluding diaryl/α,β-unsaturated/α-hetero) is 1. The number of aliphatic hydroxyl groups excluding tert-OH is 1. The lowest BCUT2D eigenvalue weighted by Crippen LogP contribution is -2.50. The molecule has 1 aliphatic heterocycles. The normalized spacial score (nSPS) is 33.9. The Morgan fingerprint density at radius 1 is 1.17 bits per heavy atom. The molecule has 0 aromatic heterocycles. The van der Waals surface area contributed by atoms with Gasteiger partial charge in [0.2, 0.25) is 24.1 Å². The highest BCUT2D eigenvalue weighted by atomic mass is 16.7. The van der Waals surface area contributed by atoms with E-state index in [1.165, 1.54) is 14.2 Å². The summed E-state index contributed by atoms with van der Waals surface area (Å²) in [5.41, 5.74) is 0.259. The van der Waals surface area contributed by atoms with Crippen LogP contribution < -0.4 is 14.2 Å². The van der Waals surface area contributed by atoms with Crippen molar-refractivity contribution in [3.63, 3.8) is 0 Å². The largest absolute Gasteiger partial charge is 0.493 e. The summed E-state index contributed by atoms with van der Waals surface area (Å²) >= 11 is 0. The maximum absolute atomic E-state index is 14.1. The third kappa shape index (κ3) is 1.77. The quantitative estimate of drug-likeness (QED) is 0.835. The molecule has 7 heteroatoms. The molecule has 29 heavy (non-hydrogen) atoms. The van der Waals surface area contributed by atoms with E-state index >= 15 is 0 Å². The van der Waals surface area contributed by atoms with E-state index in [0.717, 1.165) is 5.57 Å². The van der Waals surface area contributed by atoms with Crippen LogP contribution in [0, 0.1) is 11.3 Å². The lowest BCUT2D eigenvalue weighted by Gasteiger charge is -2.43. The fourth-order valence-corrected chi connectivity index (χ4v) is 5.99. The van der Waals surface area contributed by atoms with Crippen LogP contribution in [0.1, 0.15) is 37.5 Å². The molecule has 0 bridgehead atoms. The molecule has 4 atom stereocenters. The minimum atomic E-state index is -1.12. The molecule has 4 aliphatic rings. The second-order valence-electron chi connectivity index (χ2n) is 8.25. The number of ether oxygens (including phenoxy) is 5. The Kier molecular flexibility index (Phi) is 3.60. The second kappa shape index (κ2) is 5.69. The van der Waals surface area contributed by atoms with Crippen molar-refractivity contribution in [1.29, 1.82) is 0 Å². The Bertz CT molecular complexity index is 1010. The molecule has 0 saturated heterocycles. The number of allylic oxidation sites excluding steroid dienone is 3. The number of ketones is 1. The Hall–Kier alpha value is -2.67. The fraction of sp³-hybridized carbons (Fsp3) is 0.500. The SMILES string of the molecule is COC1=C(OC)C(=O)[C@@]23C(=C1)C[C@@H](C)[C@]2(C)[C@H](O)c1cc2c(c(OC)c13)OCO2. The van der Waals surface area contributed by atoms with Crippen molar-refractivity contribution in [3.8, 4) is 17.2 Å². The zero-order valence-electron chi connectivity index (χ0n) is 17.1. The molecule has 1 spiro atoms. The number of fused-ring (bicyclic) bond motifs is 2. The summed E-state index contributed by atoms with van der Waals surface area (Å²) in [6.45, 7) is 4.10. The number of hydrogen-bond donors (Lipinski definition) is 1. The van der Waals surface area contributed by atoms with Gasteiger partial charge in [-0.15, -0.1) is 0 Å². The smallest absolute Gasteiger partial charge is 0.231 e. The molecule has 0 radical (unpaired) electrons. The van der Waals surface area contributed by atoms with E-state index in [0.29, 0.717) is 40.6 Å². The first-order chi connectivity index (χ1) is 13.9. The lowest BCUT2D eigenvalue weighted by atomic mass is 9.58. The van der Waals surface area contributed by atoms with Crippen molar-refractivity contribution in [2.75, 3.05) is 28.1 Å². The number of rotatable bonds is 3. The molecule has 154 valence electrons. The van der Waals surface area contributed by atoms with Gasteiger partial charge in [-0.25, -0.2) is 0 Å². The van der Waals surface area contributed by atoms with Crippen molar-refractivity contribution in [1.82, 2.24) is 0 Å². The summed E-state index contributed by atoms with van der Waals surface area (Å²) < 4.78 is 28.0. The molecule has 1 N–H and O–H groups in total. The van der Waals surface area contributed by atoms with Crippen molar-refractivity contribution in [2.45, 2.75) is 31.8 Å². The van der Waals surface area contributed by atoms with Crippen LogP contribution in [0.5, 0.6) is 17.2 Å². The first kappa shape index (κ1) is 18.4.